The molecule has 0 radical (unpaired) electrons. The summed E-state index contributed by atoms with van der Waals surface area (Å²) in [5, 5.41) is 13.6. The van der Waals surface area contributed by atoms with Crippen LogP contribution in [0.4, 0.5) is 10.8 Å². The number of anilines is 2. The van der Waals surface area contributed by atoms with Gasteiger partial charge in [0, 0.05) is 22.1 Å². The van der Waals surface area contributed by atoms with Crippen molar-refractivity contribution in [3.63, 3.8) is 0 Å². The molecule has 0 aliphatic carbocycles. The monoisotopic (exact) mass is 588 g/mol. The van der Waals surface area contributed by atoms with Crippen molar-refractivity contribution in [1.29, 1.82) is 0 Å². The third-order valence-electron chi connectivity index (χ3n) is 4.60. The van der Waals surface area contributed by atoms with Gasteiger partial charge < -0.3 is 20.1 Å². The molecule has 3 aromatic rings. The van der Waals surface area contributed by atoms with Crippen LogP contribution in [0.2, 0.25) is 0 Å². The number of amides is 2. The Morgan fingerprint density at radius 1 is 0.811 bits per heavy atom. The number of nitrogens with zero attached hydrogens (tertiary/aromatic N) is 2. The molecule has 192 valence electrons. The van der Waals surface area contributed by atoms with E-state index in [0.717, 1.165) is 4.47 Å². The summed E-state index contributed by atoms with van der Waals surface area (Å²) in [6.07, 6.45) is -0.344. The second-order valence-corrected chi connectivity index (χ2v) is 9.56. The zero-order valence-corrected chi connectivity index (χ0v) is 21.9. The molecule has 0 saturated carbocycles. The largest absolute Gasteiger partial charge is 0.456 e. The van der Waals surface area contributed by atoms with Gasteiger partial charge in [0.15, 0.2) is 19.0 Å². The Morgan fingerprint density at radius 3 is 2.14 bits per heavy atom. The quantitative estimate of drug-likeness (QED) is 0.253. The van der Waals surface area contributed by atoms with Crippen LogP contribution in [0.1, 0.15) is 38.6 Å². The maximum Gasteiger partial charge on any atom is 0.338 e. The first-order chi connectivity index (χ1) is 17.7. The number of Topliss-reactive ketones (excluding diaryl/α,β-unsaturated/α-hetero) is 1. The standard InChI is InChI=1S/C24H21BrN4O7S/c1-14-28-29-24(37-14)27-20(31)10-11-22(33)35-13-21(32)26-18-8-4-16(5-9-18)23(34)36-12-19(30)15-2-6-17(25)7-3-15/h2-9H,10-13H2,1H3,(H,26,32)(H,27,29,31). The molecule has 0 aliphatic heterocycles. The highest BCUT2D eigenvalue weighted by atomic mass is 79.9. The maximum absolute atomic E-state index is 12.2. The summed E-state index contributed by atoms with van der Waals surface area (Å²) in [6.45, 7) is 0.792. The first-order valence-electron chi connectivity index (χ1n) is 10.8. The van der Waals surface area contributed by atoms with Crippen molar-refractivity contribution in [3.05, 3.63) is 69.1 Å². The van der Waals surface area contributed by atoms with Gasteiger partial charge in [-0.2, -0.15) is 0 Å². The number of halogens is 1. The Morgan fingerprint density at radius 2 is 1.49 bits per heavy atom. The number of rotatable bonds is 11. The molecular weight excluding hydrogens is 568 g/mol. The van der Waals surface area contributed by atoms with E-state index in [2.05, 4.69) is 36.8 Å². The van der Waals surface area contributed by atoms with Crippen LogP contribution in [0.3, 0.4) is 0 Å². The highest BCUT2D eigenvalue weighted by Crippen LogP contribution is 2.15. The molecule has 0 fully saturated rings. The van der Waals surface area contributed by atoms with Gasteiger partial charge in [0.2, 0.25) is 11.0 Å². The van der Waals surface area contributed by atoms with E-state index in [1.165, 1.54) is 35.6 Å². The minimum atomic E-state index is -0.713. The molecule has 0 bridgehead atoms. The Labute approximate surface area is 223 Å². The predicted octanol–water partition coefficient (Wildman–Crippen LogP) is 3.55. The molecule has 3 rings (SSSR count). The topological polar surface area (TPSA) is 154 Å². The molecule has 1 aromatic heterocycles. The van der Waals surface area contributed by atoms with Crippen LogP contribution in [0.25, 0.3) is 0 Å². The minimum absolute atomic E-state index is 0.134. The Balaban J connectivity index is 1.36. The summed E-state index contributed by atoms with van der Waals surface area (Å²) in [5.74, 6) is -2.77. The molecule has 37 heavy (non-hydrogen) atoms. The smallest absolute Gasteiger partial charge is 0.338 e. The van der Waals surface area contributed by atoms with Gasteiger partial charge in [0.1, 0.15) is 5.01 Å². The van der Waals surface area contributed by atoms with E-state index >= 15 is 0 Å². The number of aryl methyl sites for hydroxylation is 1. The van der Waals surface area contributed by atoms with Crippen LogP contribution in [0.5, 0.6) is 0 Å². The minimum Gasteiger partial charge on any atom is -0.456 e. The van der Waals surface area contributed by atoms with Gasteiger partial charge in [0.05, 0.1) is 12.0 Å². The van der Waals surface area contributed by atoms with Gasteiger partial charge in [-0.05, 0) is 43.3 Å². The van der Waals surface area contributed by atoms with Gasteiger partial charge in [-0.3, -0.25) is 19.2 Å². The van der Waals surface area contributed by atoms with Crippen molar-refractivity contribution in [1.82, 2.24) is 10.2 Å². The number of hydrogen-bond donors (Lipinski definition) is 2. The van der Waals surface area contributed by atoms with Crippen molar-refractivity contribution < 1.29 is 33.4 Å². The van der Waals surface area contributed by atoms with Crippen LogP contribution < -0.4 is 10.6 Å². The molecule has 11 nitrogen and oxygen atoms in total. The SMILES string of the molecule is Cc1nnc(NC(=O)CCC(=O)OCC(=O)Nc2ccc(C(=O)OCC(=O)c3ccc(Br)cc3)cc2)s1. The van der Waals surface area contributed by atoms with Gasteiger partial charge in [-0.25, -0.2) is 4.79 Å². The summed E-state index contributed by atoms with van der Waals surface area (Å²) in [7, 11) is 0. The molecule has 2 amide bonds. The predicted molar refractivity (Wildman–Crippen MR) is 137 cm³/mol. The maximum atomic E-state index is 12.2. The Bertz CT molecular complexity index is 1290. The Kier molecular flexibility index (Phi) is 9.98. The van der Waals surface area contributed by atoms with Crippen LogP contribution in [-0.4, -0.2) is 52.9 Å². The molecule has 2 N–H and O–H groups in total. The lowest BCUT2D eigenvalue weighted by Gasteiger charge is -2.08. The lowest BCUT2D eigenvalue weighted by atomic mass is 10.1. The average Bonchev–Trinajstić information content (AvgIpc) is 3.29. The number of ketones is 1. The summed E-state index contributed by atoms with van der Waals surface area (Å²) < 4.78 is 10.8. The van der Waals surface area contributed by atoms with Crippen molar-refractivity contribution >= 4 is 67.6 Å². The summed E-state index contributed by atoms with van der Waals surface area (Å²) >= 11 is 4.49. The second kappa shape index (κ2) is 13.4. The second-order valence-electron chi connectivity index (χ2n) is 7.47. The van der Waals surface area contributed by atoms with Gasteiger partial charge >= 0.3 is 11.9 Å². The van der Waals surface area contributed by atoms with E-state index < -0.39 is 37.0 Å². The molecule has 2 aromatic carbocycles. The van der Waals surface area contributed by atoms with E-state index in [9.17, 15) is 24.0 Å². The van der Waals surface area contributed by atoms with Gasteiger partial charge in [0.25, 0.3) is 5.91 Å². The van der Waals surface area contributed by atoms with Gasteiger partial charge in [-0.15, -0.1) is 10.2 Å². The summed E-state index contributed by atoms with van der Waals surface area (Å²) in [5.41, 5.74) is 0.964. The number of carbonyl (C=O) groups excluding carboxylic acids is 5. The molecular formula is C24H21BrN4O7S. The number of benzene rings is 2. The van der Waals surface area contributed by atoms with Gasteiger partial charge in [-0.1, -0.05) is 39.4 Å². The van der Waals surface area contributed by atoms with Crippen molar-refractivity contribution in [3.8, 4) is 0 Å². The van der Waals surface area contributed by atoms with E-state index in [1.807, 2.05) is 0 Å². The number of hydrogen-bond acceptors (Lipinski definition) is 10. The lowest BCUT2D eigenvalue weighted by molar-refractivity contribution is -0.147. The molecule has 0 saturated heterocycles. The Hall–Kier alpha value is -3.97. The molecule has 0 aliphatic rings. The highest BCUT2D eigenvalue weighted by molar-refractivity contribution is 9.10. The van der Waals surface area contributed by atoms with E-state index in [0.29, 0.717) is 21.4 Å². The fourth-order valence-corrected chi connectivity index (χ4v) is 3.66. The number of ether oxygens (including phenoxy) is 2. The first-order valence-corrected chi connectivity index (χ1v) is 12.4. The molecule has 13 heteroatoms. The molecule has 0 atom stereocenters. The number of nitrogens with one attached hydrogen (secondary N) is 2. The fourth-order valence-electron chi connectivity index (χ4n) is 2.78. The van der Waals surface area contributed by atoms with E-state index in [4.69, 9.17) is 9.47 Å². The number of esters is 2. The molecule has 0 spiro atoms. The lowest BCUT2D eigenvalue weighted by Crippen LogP contribution is -2.22. The zero-order valence-electron chi connectivity index (χ0n) is 19.5. The summed E-state index contributed by atoms with van der Waals surface area (Å²) in [4.78, 5) is 60.0. The van der Waals surface area contributed by atoms with Crippen LogP contribution >= 0.6 is 27.3 Å². The van der Waals surface area contributed by atoms with Crippen molar-refractivity contribution in [2.45, 2.75) is 19.8 Å². The molecule has 0 unspecified atom stereocenters. The number of carbonyl (C=O) groups is 5. The fraction of sp³-hybridized carbons (Fsp3) is 0.208. The number of aromatic nitrogens is 2. The van der Waals surface area contributed by atoms with Crippen molar-refractivity contribution in [2.75, 3.05) is 23.8 Å². The van der Waals surface area contributed by atoms with Crippen LogP contribution in [0, 0.1) is 6.92 Å². The first kappa shape index (κ1) is 27.6. The van der Waals surface area contributed by atoms with Crippen LogP contribution in [0.15, 0.2) is 53.0 Å². The highest BCUT2D eigenvalue weighted by Gasteiger charge is 2.14. The average molecular weight is 589 g/mol. The zero-order chi connectivity index (χ0) is 26.8. The third kappa shape index (κ3) is 9.20. The normalized spacial score (nSPS) is 10.3. The van der Waals surface area contributed by atoms with Crippen LogP contribution in [-0.2, 0) is 23.9 Å². The third-order valence-corrected chi connectivity index (χ3v) is 5.88. The van der Waals surface area contributed by atoms with E-state index in [1.54, 1.807) is 31.2 Å². The summed E-state index contributed by atoms with van der Waals surface area (Å²) in [6, 6.07) is 12.4. The molecule has 1 heterocycles. The van der Waals surface area contributed by atoms with E-state index in [-0.39, 0.29) is 24.2 Å². The van der Waals surface area contributed by atoms with Crippen molar-refractivity contribution in [2.24, 2.45) is 0 Å².